The molecular formula is C28H32O. The van der Waals surface area contributed by atoms with Gasteiger partial charge in [-0.1, -0.05) is 65.8 Å². The average molecular weight is 385 g/mol. The Bertz CT molecular complexity index is 1050. The van der Waals surface area contributed by atoms with Crippen molar-refractivity contribution in [3.8, 4) is 0 Å². The summed E-state index contributed by atoms with van der Waals surface area (Å²) < 4.78 is 0. The largest absolute Gasteiger partial charge is 0.299 e. The van der Waals surface area contributed by atoms with Gasteiger partial charge in [-0.15, -0.1) is 0 Å². The quantitative estimate of drug-likeness (QED) is 0.194. The number of allylic oxidation sites excluding steroid dienone is 4. The van der Waals surface area contributed by atoms with Crippen LogP contribution in [0.5, 0.6) is 0 Å². The monoisotopic (exact) mass is 384 g/mol. The van der Waals surface area contributed by atoms with E-state index in [-0.39, 0.29) is 0 Å². The van der Waals surface area contributed by atoms with Gasteiger partial charge in [0.2, 0.25) is 0 Å². The molecule has 0 aromatic heterocycles. The molecule has 0 radical (unpaired) electrons. The number of hydrogen-bond acceptors (Lipinski definition) is 1. The first kappa shape index (κ1) is 21.0. The molecule has 1 aliphatic rings. The van der Waals surface area contributed by atoms with Gasteiger partial charge in [-0.25, -0.2) is 0 Å². The molecule has 0 saturated carbocycles. The maximum absolute atomic E-state index is 10.0. The van der Waals surface area contributed by atoms with Crippen molar-refractivity contribution in [1.82, 2.24) is 0 Å². The second-order valence-electron chi connectivity index (χ2n) is 8.26. The Morgan fingerprint density at radius 1 is 0.862 bits per heavy atom. The fourth-order valence-corrected chi connectivity index (χ4v) is 4.13. The summed E-state index contributed by atoms with van der Waals surface area (Å²) in [7, 11) is 0. The zero-order valence-corrected chi connectivity index (χ0v) is 18.0. The first-order valence-electron chi connectivity index (χ1n) is 10.8. The summed E-state index contributed by atoms with van der Waals surface area (Å²) in [4.78, 5) is 10.0. The highest BCUT2D eigenvalue weighted by Crippen LogP contribution is 2.33. The Labute approximate surface area is 175 Å². The summed E-state index contributed by atoms with van der Waals surface area (Å²) in [6.07, 6.45) is 11.9. The summed E-state index contributed by atoms with van der Waals surface area (Å²) >= 11 is 0. The first-order valence-corrected chi connectivity index (χ1v) is 10.8. The molecule has 0 heterocycles. The summed E-state index contributed by atoms with van der Waals surface area (Å²) in [6.45, 7) is 6.14. The van der Waals surface area contributed by atoms with Crippen LogP contribution in [0.15, 0.2) is 71.8 Å². The Balaban J connectivity index is 0.000000191. The van der Waals surface area contributed by atoms with Crippen molar-refractivity contribution in [3.05, 3.63) is 83.0 Å². The molecule has 0 amide bonds. The van der Waals surface area contributed by atoms with E-state index in [1.165, 1.54) is 52.8 Å². The lowest BCUT2D eigenvalue weighted by Crippen LogP contribution is -2.02. The summed E-state index contributed by atoms with van der Waals surface area (Å²) in [5, 5.41) is 5.64. The molecule has 3 aromatic rings. The van der Waals surface area contributed by atoms with Gasteiger partial charge in [-0.3, -0.25) is 4.79 Å². The van der Waals surface area contributed by atoms with Crippen LogP contribution in [-0.2, 0) is 17.6 Å². The molecule has 0 saturated heterocycles. The van der Waals surface area contributed by atoms with Gasteiger partial charge in [0.25, 0.3) is 0 Å². The highest BCUT2D eigenvalue weighted by atomic mass is 16.1. The number of aryl methyl sites for hydroxylation is 2. The van der Waals surface area contributed by atoms with E-state index < -0.39 is 0 Å². The van der Waals surface area contributed by atoms with E-state index in [1.807, 2.05) is 6.92 Å². The smallest absolute Gasteiger partial charge is 0.142 e. The third-order valence-electron chi connectivity index (χ3n) is 5.70. The first-order chi connectivity index (χ1) is 14.1. The van der Waals surface area contributed by atoms with Crippen molar-refractivity contribution in [3.63, 3.8) is 0 Å². The lowest BCUT2D eigenvalue weighted by Gasteiger charge is -2.18. The second-order valence-corrected chi connectivity index (χ2v) is 8.26. The summed E-state index contributed by atoms with van der Waals surface area (Å²) in [5.41, 5.74) is 5.66. The highest BCUT2D eigenvalue weighted by molar-refractivity contribution is 6.08. The van der Waals surface area contributed by atoms with Gasteiger partial charge in [-0.05, 0) is 98.0 Å². The Morgan fingerprint density at radius 3 is 2.41 bits per heavy atom. The number of carbonyl (C=O) groups is 1. The predicted molar refractivity (Wildman–Crippen MR) is 127 cm³/mol. The van der Waals surface area contributed by atoms with Crippen molar-refractivity contribution in [2.24, 2.45) is 0 Å². The van der Waals surface area contributed by atoms with Gasteiger partial charge in [0.15, 0.2) is 0 Å². The molecule has 1 nitrogen and oxygen atoms in total. The van der Waals surface area contributed by atoms with Crippen LogP contribution in [0, 0.1) is 0 Å². The minimum absolute atomic E-state index is 0.845. The Hall–Kier alpha value is -2.67. The number of hydrogen-bond donors (Lipinski definition) is 0. The fraction of sp³-hybridized carbons (Fsp3) is 0.321. The number of rotatable bonds is 4. The molecular weight excluding hydrogens is 352 g/mol. The van der Waals surface area contributed by atoms with Gasteiger partial charge in [0, 0.05) is 0 Å². The molecule has 0 N–H and O–H groups in total. The van der Waals surface area contributed by atoms with E-state index in [0.29, 0.717) is 0 Å². The van der Waals surface area contributed by atoms with Crippen LogP contribution in [0.1, 0.15) is 57.6 Å². The zero-order chi connectivity index (χ0) is 20.6. The topological polar surface area (TPSA) is 17.1 Å². The highest BCUT2D eigenvalue weighted by Gasteiger charge is 2.13. The lowest BCUT2D eigenvalue weighted by molar-refractivity contribution is -0.104. The van der Waals surface area contributed by atoms with E-state index >= 15 is 0 Å². The molecule has 0 spiro atoms. The molecule has 0 fully saturated rings. The number of fused-ring (bicyclic) bond motifs is 5. The Kier molecular flexibility index (Phi) is 7.41. The molecule has 150 valence electrons. The van der Waals surface area contributed by atoms with Gasteiger partial charge < -0.3 is 0 Å². The summed E-state index contributed by atoms with van der Waals surface area (Å²) in [5.74, 6) is 0. The van der Waals surface area contributed by atoms with Crippen LogP contribution in [0.25, 0.3) is 21.5 Å². The molecule has 0 bridgehead atoms. The molecule has 0 atom stereocenters. The molecule has 0 unspecified atom stereocenters. The fourth-order valence-electron chi connectivity index (χ4n) is 4.13. The molecule has 1 aliphatic carbocycles. The maximum atomic E-state index is 10.0. The molecule has 1 heteroatoms. The van der Waals surface area contributed by atoms with Crippen LogP contribution in [0.2, 0.25) is 0 Å². The lowest BCUT2D eigenvalue weighted by atomic mass is 9.86. The average Bonchev–Trinajstić information content (AvgIpc) is 2.73. The Morgan fingerprint density at radius 2 is 1.62 bits per heavy atom. The van der Waals surface area contributed by atoms with Crippen LogP contribution in [0.3, 0.4) is 0 Å². The molecule has 29 heavy (non-hydrogen) atoms. The molecule has 4 rings (SSSR count). The predicted octanol–water partition coefficient (Wildman–Crippen LogP) is 7.75. The van der Waals surface area contributed by atoms with Gasteiger partial charge in [0.1, 0.15) is 6.29 Å². The molecule has 0 aliphatic heterocycles. The summed E-state index contributed by atoms with van der Waals surface area (Å²) in [6, 6.07) is 18.0. The standard InChI is InChI=1S/C18H16.C10H16O/c1-3-7-15-13(5-1)9-11-18-16-8-4-2-6-14(16)10-12-17(15)18;1-9(2)5-4-6-10(3)7-8-11/h1,3,5,7,9-12H,2,4,6,8H2;5,7-8H,4,6H2,1-3H3. The van der Waals surface area contributed by atoms with Crippen molar-refractivity contribution in [2.45, 2.75) is 59.3 Å². The van der Waals surface area contributed by atoms with Crippen molar-refractivity contribution in [2.75, 3.05) is 0 Å². The van der Waals surface area contributed by atoms with E-state index in [4.69, 9.17) is 0 Å². The van der Waals surface area contributed by atoms with E-state index in [9.17, 15) is 4.79 Å². The van der Waals surface area contributed by atoms with Crippen LogP contribution in [-0.4, -0.2) is 6.29 Å². The van der Waals surface area contributed by atoms with Crippen molar-refractivity contribution < 1.29 is 4.79 Å². The van der Waals surface area contributed by atoms with E-state index in [0.717, 1.165) is 24.7 Å². The van der Waals surface area contributed by atoms with Crippen LogP contribution < -0.4 is 0 Å². The molecule has 3 aromatic carbocycles. The van der Waals surface area contributed by atoms with E-state index in [2.05, 4.69) is 68.5 Å². The SMILES string of the molecule is CC(C)=CCCC(C)=CC=O.c1ccc2c(c1)ccc1c3c(ccc12)CCCC3. The number of carbonyl (C=O) groups excluding carboxylic acids is 1. The van der Waals surface area contributed by atoms with Crippen molar-refractivity contribution in [1.29, 1.82) is 0 Å². The zero-order valence-electron chi connectivity index (χ0n) is 18.0. The minimum Gasteiger partial charge on any atom is -0.299 e. The number of aldehydes is 1. The number of benzene rings is 3. The van der Waals surface area contributed by atoms with Gasteiger partial charge in [-0.2, -0.15) is 0 Å². The maximum Gasteiger partial charge on any atom is 0.142 e. The van der Waals surface area contributed by atoms with Crippen LogP contribution in [0.4, 0.5) is 0 Å². The van der Waals surface area contributed by atoms with E-state index in [1.54, 1.807) is 17.2 Å². The third-order valence-corrected chi connectivity index (χ3v) is 5.70. The third kappa shape index (κ3) is 5.44. The van der Waals surface area contributed by atoms with Crippen LogP contribution >= 0.6 is 0 Å². The second kappa shape index (κ2) is 10.2. The minimum atomic E-state index is 0.845. The van der Waals surface area contributed by atoms with Crippen molar-refractivity contribution >= 4 is 27.8 Å². The normalized spacial score (nSPS) is 13.4. The van der Waals surface area contributed by atoms with Gasteiger partial charge >= 0.3 is 0 Å². The van der Waals surface area contributed by atoms with Gasteiger partial charge in [0.05, 0.1) is 0 Å².